The summed E-state index contributed by atoms with van der Waals surface area (Å²) >= 11 is 0. The second-order valence-electron chi connectivity index (χ2n) is 7.98. The van der Waals surface area contributed by atoms with Crippen LogP contribution in [0.4, 0.5) is 5.69 Å². The Morgan fingerprint density at radius 1 is 0.906 bits per heavy atom. The Balaban J connectivity index is 1.54. The number of benzene rings is 2. The first-order valence-electron chi connectivity index (χ1n) is 10.7. The molecule has 4 rings (SSSR count). The van der Waals surface area contributed by atoms with Gasteiger partial charge in [-0.15, -0.1) is 0 Å². The van der Waals surface area contributed by atoms with Crippen LogP contribution in [-0.4, -0.2) is 62.7 Å². The molecule has 0 radical (unpaired) electrons. The molecule has 2 aromatic rings. The largest absolute Gasteiger partial charge is 0.495 e. The molecule has 0 unspecified atom stereocenters. The highest BCUT2D eigenvalue weighted by Crippen LogP contribution is 2.33. The minimum atomic E-state index is -3.86. The number of nitrogens with zero attached hydrogens (tertiary/aromatic N) is 3. The zero-order chi connectivity index (χ0) is 22.7. The molecule has 0 atom stereocenters. The van der Waals surface area contributed by atoms with Crippen LogP contribution in [0, 0.1) is 0 Å². The second kappa shape index (κ2) is 9.40. The summed E-state index contributed by atoms with van der Waals surface area (Å²) < 4.78 is 33.7. The van der Waals surface area contributed by atoms with Gasteiger partial charge in [0.2, 0.25) is 21.8 Å². The summed E-state index contributed by atoms with van der Waals surface area (Å²) in [6.07, 6.45) is 1.05. The lowest BCUT2D eigenvalue weighted by Gasteiger charge is -2.34. The number of piperidine rings is 1. The van der Waals surface area contributed by atoms with Gasteiger partial charge < -0.3 is 4.74 Å². The summed E-state index contributed by atoms with van der Waals surface area (Å²) in [6.45, 7) is 2.69. The lowest BCUT2D eigenvalue weighted by atomic mass is 10.1. The van der Waals surface area contributed by atoms with Crippen LogP contribution in [0.2, 0.25) is 0 Å². The molecule has 0 aliphatic carbocycles. The highest BCUT2D eigenvalue weighted by atomic mass is 32.2. The van der Waals surface area contributed by atoms with Crippen molar-refractivity contribution < 1.29 is 22.7 Å². The van der Waals surface area contributed by atoms with E-state index < -0.39 is 10.0 Å². The van der Waals surface area contributed by atoms with Crippen LogP contribution in [0.5, 0.6) is 5.75 Å². The molecule has 8 nitrogen and oxygen atoms in total. The Bertz CT molecular complexity index is 1080. The molecule has 0 saturated carbocycles. The molecule has 0 bridgehead atoms. The maximum absolute atomic E-state index is 13.5. The average Bonchev–Trinajstić information content (AvgIpc) is 2.80. The van der Waals surface area contributed by atoms with Crippen molar-refractivity contribution in [3.63, 3.8) is 0 Å². The van der Waals surface area contributed by atoms with Crippen molar-refractivity contribution in [1.29, 1.82) is 0 Å². The van der Waals surface area contributed by atoms with E-state index in [1.807, 2.05) is 18.2 Å². The summed E-state index contributed by atoms with van der Waals surface area (Å²) in [6, 6.07) is 14.5. The third-order valence-corrected chi connectivity index (χ3v) is 7.80. The molecule has 0 N–H and O–H groups in total. The molecule has 2 fully saturated rings. The molecule has 0 aromatic heterocycles. The molecule has 2 heterocycles. The van der Waals surface area contributed by atoms with Gasteiger partial charge in [0.1, 0.15) is 10.6 Å². The van der Waals surface area contributed by atoms with E-state index in [1.54, 1.807) is 6.07 Å². The fourth-order valence-electron chi connectivity index (χ4n) is 4.16. The van der Waals surface area contributed by atoms with E-state index in [0.717, 1.165) is 11.4 Å². The third-order valence-electron chi connectivity index (χ3n) is 5.88. The minimum absolute atomic E-state index is 0.0276. The lowest BCUT2D eigenvalue weighted by molar-refractivity contribution is -0.129. The van der Waals surface area contributed by atoms with E-state index >= 15 is 0 Å². The van der Waals surface area contributed by atoms with Gasteiger partial charge in [0, 0.05) is 45.6 Å². The van der Waals surface area contributed by atoms with Gasteiger partial charge in [-0.05, 0) is 30.2 Å². The summed E-state index contributed by atoms with van der Waals surface area (Å²) in [5, 5.41) is 0. The zero-order valence-electron chi connectivity index (χ0n) is 18.1. The summed E-state index contributed by atoms with van der Waals surface area (Å²) in [5.74, 6) is -0.439. The number of ether oxygens (including phenoxy) is 1. The number of hydrogen-bond acceptors (Lipinski definition) is 6. The van der Waals surface area contributed by atoms with Crippen molar-refractivity contribution in [1.82, 2.24) is 9.21 Å². The first-order chi connectivity index (χ1) is 15.4. The van der Waals surface area contributed by atoms with Crippen LogP contribution >= 0.6 is 0 Å². The van der Waals surface area contributed by atoms with Crippen molar-refractivity contribution in [2.45, 2.75) is 30.7 Å². The van der Waals surface area contributed by atoms with Crippen LogP contribution in [0.15, 0.2) is 53.4 Å². The third kappa shape index (κ3) is 4.55. The van der Waals surface area contributed by atoms with Gasteiger partial charge in [-0.2, -0.15) is 4.31 Å². The van der Waals surface area contributed by atoms with E-state index in [4.69, 9.17) is 4.74 Å². The fourth-order valence-corrected chi connectivity index (χ4v) is 5.75. The van der Waals surface area contributed by atoms with E-state index in [0.29, 0.717) is 32.6 Å². The number of hydrogen-bond donors (Lipinski definition) is 0. The number of amides is 2. The quantitative estimate of drug-likeness (QED) is 0.619. The van der Waals surface area contributed by atoms with Gasteiger partial charge in [-0.25, -0.2) is 8.42 Å². The van der Waals surface area contributed by atoms with Gasteiger partial charge in [-0.3, -0.25) is 19.4 Å². The molecular formula is C23H27N3O5S. The van der Waals surface area contributed by atoms with Crippen LogP contribution in [0.25, 0.3) is 0 Å². The molecule has 9 heteroatoms. The SMILES string of the molecule is COc1ccc(N2C(=O)CCCC2=O)cc1S(=O)(=O)N1CCN(Cc2ccccc2)CC1. The van der Waals surface area contributed by atoms with Crippen LogP contribution in [0.3, 0.4) is 0 Å². The molecular weight excluding hydrogens is 430 g/mol. The standard InChI is InChI=1S/C23H27N3O5S/c1-31-20-11-10-19(26-22(27)8-5-9-23(26)28)16-21(20)32(29,30)25-14-12-24(13-15-25)17-18-6-3-2-4-7-18/h2-4,6-7,10-11,16H,5,8-9,12-15,17H2,1H3. The van der Waals surface area contributed by atoms with Crippen molar-refractivity contribution in [3.8, 4) is 5.75 Å². The second-order valence-corrected chi connectivity index (χ2v) is 9.88. The number of sulfonamides is 1. The molecule has 2 saturated heterocycles. The normalized spacial score (nSPS) is 18.7. The molecule has 32 heavy (non-hydrogen) atoms. The van der Waals surface area contributed by atoms with Crippen LogP contribution < -0.4 is 9.64 Å². The van der Waals surface area contributed by atoms with Crippen molar-refractivity contribution in [2.24, 2.45) is 0 Å². The molecule has 2 aliphatic rings. The van der Waals surface area contributed by atoms with Crippen molar-refractivity contribution in [3.05, 3.63) is 54.1 Å². The fraction of sp³-hybridized carbons (Fsp3) is 0.391. The minimum Gasteiger partial charge on any atom is -0.495 e. The molecule has 2 aromatic carbocycles. The molecule has 170 valence electrons. The predicted octanol–water partition coefficient (Wildman–Crippen LogP) is 2.25. The van der Waals surface area contributed by atoms with Gasteiger partial charge in [-0.1, -0.05) is 30.3 Å². The Labute approximate surface area is 188 Å². The summed E-state index contributed by atoms with van der Waals surface area (Å²) in [5.41, 5.74) is 1.45. The lowest BCUT2D eigenvalue weighted by Crippen LogP contribution is -2.48. The maximum atomic E-state index is 13.5. The molecule has 2 amide bonds. The van der Waals surface area contributed by atoms with Crippen LogP contribution in [-0.2, 0) is 26.2 Å². The molecule has 0 spiro atoms. The summed E-state index contributed by atoms with van der Waals surface area (Å²) in [4.78, 5) is 27.9. The number of imide groups is 1. The number of methoxy groups -OCH3 is 1. The smallest absolute Gasteiger partial charge is 0.246 e. The monoisotopic (exact) mass is 457 g/mol. The average molecular weight is 458 g/mol. The topological polar surface area (TPSA) is 87.2 Å². The zero-order valence-corrected chi connectivity index (χ0v) is 18.9. The first kappa shape index (κ1) is 22.4. The highest BCUT2D eigenvalue weighted by molar-refractivity contribution is 7.89. The van der Waals surface area contributed by atoms with Crippen molar-refractivity contribution in [2.75, 3.05) is 38.2 Å². The highest BCUT2D eigenvalue weighted by Gasteiger charge is 2.33. The molecule has 2 aliphatic heterocycles. The van der Waals surface area contributed by atoms with E-state index in [-0.39, 0.29) is 41.0 Å². The van der Waals surface area contributed by atoms with Gasteiger partial charge in [0.05, 0.1) is 12.8 Å². The Hall–Kier alpha value is -2.75. The van der Waals surface area contributed by atoms with E-state index in [1.165, 1.54) is 29.1 Å². The number of anilines is 1. The van der Waals surface area contributed by atoms with Crippen molar-refractivity contribution >= 4 is 27.5 Å². The predicted molar refractivity (Wildman–Crippen MR) is 120 cm³/mol. The van der Waals surface area contributed by atoms with E-state index in [2.05, 4.69) is 17.0 Å². The van der Waals surface area contributed by atoms with E-state index in [9.17, 15) is 18.0 Å². The van der Waals surface area contributed by atoms with Crippen LogP contribution in [0.1, 0.15) is 24.8 Å². The Morgan fingerprint density at radius 3 is 2.19 bits per heavy atom. The number of carbonyl (C=O) groups excluding carboxylic acids is 2. The number of rotatable bonds is 6. The number of carbonyl (C=O) groups is 2. The van der Waals surface area contributed by atoms with Gasteiger partial charge in [0.25, 0.3) is 0 Å². The maximum Gasteiger partial charge on any atom is 0.246 e. The van der Waals surface area contributed by atoms with Gasteiger partial charge in [0.15, 0.2) is 0 Å². The first-order valence-corrected chi connectivity index (χ1v) is 12.1. The Morgan fingerprint density at radius 2 is 1.56 bits per heavy atom. The summed E-state index contributed by atoms with van der Waals surface area (Å²) in [7, 11) is -2.46. The van der Waals surface area contributed by atoms with Gasteiger partial charge >= 0.3 is 0 Å². The Kier molecular flexibility index (Phi) is 6.59. The number of piperazine rings is 1.